The van der Waals surface area contributed by atoms with Crippen molar-refractivity contribution in [2.45, 2.75) is 35.4 Å². The van der Waals surface area contributed by atoms with E-state index in [1.807, 2.05) is 0 Å². The number of nitrogens with one attached hydrogen (secondary N) is 5. The molecule has 16 N–H and O–H groups in total. The van der Waals surface area contributed by atoms with Gasteiger partial charge < -0.3 is 71.4 Å². The lowest BCUT2D eigenvalue weighted by atomic mass is 10.0. The average Bonchev–Trinajstić information content (AvgIpc) is 3.25. The fourth-order valence-corrected chi connectivity index (χ4v) is 7.19. The van der Waals surface area contributed by atoms with Crippen molar-refractivity contribution in [1.82, 2.24) is 29.9 Å². The third-order valence-corrected chi connectivity index (χ3v) is 11.5. The van der Waals surface area contributed by atoms with Gasteiger partial charge in [-0.2, -0.15) is 59.4 Å². The zero-order valence-corrected chi connectivity index (χ0v) is 38.9. The van der Waals surface area contributed by atoms with E-state index in [1.165, 1.54) is 49.5 Å². The monoisotopic (exact) mass is 1060 g/mol. The Morgan fingerprint density at radius 2 is 1.14 bits per heavy atom. The topological polar surface area (TPSA) is 492 Å². The van der Waals surface area contributed by atoms with E-state index in [0.717, 1.165) is 11.0 Å². The fourth-order valence-electron chi connectivity index (χ4n) is 5.46. The molecule has 6 atom stereocenters. The molecule has 0 aliphatic carbocycles. The second kappa shape index (κ2) is 24.8. The molecule has 0 spiro atoms. The summed E-state index contributed by atoms with van der Waals surface area (Å²) in [7, 11) is -12.5. The molecular weight excluding hydrogens is 1010 g/mol. The average molecular weight is 1060 g/mol. The van der Waals surface area contributed by atoms with Crippen LogP contribution in [-0.2, 0) is 41.7 Å². The summed E-state index contributed by atoms with van der Waals surface area (Å²) in [6, 6.07) is 7.46. The molecule has 382 valence electrons. The predicted molar refractivity (Wildman–Crippen MR) is 245 cm³/mol. The quantitative estimate of drug-likeness (QED) is 0.0151. The predicted octanol–water partition coefficient (Wildman–Crippen LogP) is -3.29. The molecule has 0 fully saturated rings. The van der Waals surface area contributed by atoms with Crippen LogP contribution in [0.25, 0.3) is 12.2 Å². The van der Waals surface area contributed by atoms with Gasteiger partial charge in [0.25, 0.3) is 30.4 Å². The van der Waals surface area contributed by atoms with Gasteiger partial charge in [-0.3, -0.25) is 18.2 Å². The molecule has 4 rings (SSSR count). The summed E-state index contributed by atoms with van der Waals surface area (Å²) >= 11 is -2.94. The van der Waals surface area contributed by atoms with Crippen LogP contribution in [-0.4, -0.2) is 202 Å². The van der Waals surface area contributed by atoms with Gasteiger partial charge in [0.15, 0.2) is 5.75 Å². The van der Waals surface area contributed by atoms with E-state index in [0.29, 0.717) is 0 Å². The van der Waals surface area contributed by atoms with Crippen LogP contribution in [0.15, 0.2) is 41.3 Å². The number of anilines is 8. The van der Waals surface area contributed by atoms with Gasteiger partial charge >= 0.3 is 11.4 Å². The molecule has 31 nitrogen and oxygen atoms in total. The zero-order valence-electron chi connectivity index (χ0n) is 35.6. The van der Waals surface area contributed by atoms with Crippen molar-refractivity contribution in [3.05, 3.63) is 47.5 Å². The molecule has 0 saturated carbocycles. The van der Waals surface area contributed by atoms with Gasteiger partial charge in [0, 0.05) is 56.2 Å². The van der Waals surface area contributed by atoms with Crippen molar-refractivity contribution in [2.24, 2.45) is 0 Å². The van der Waals surface area contributed by atoms with Gasteiger partial charge in [0.2, 0.25) is 35.7 Å². The van der Waals surface area contributed by atoms with Crippen LogP contribution in [0.3, 0.4) is 0 Å². The Morgan fingerprint density at radius 3 is 1.68 bits per heavy atom. The summed E-state index contributed by atoms with van der Waals surface area (Å²) in [5.41, 5.74) is -0.0274. The van der Waals surface area contributed by atoms with E-state index >= 15 is 0 Å². The van der Waals surface area contributed by atoms with Crippen LogP contribution in [0.4, 0.5) is 47.1 Å². The number of likely N-dealkylation sites (N-methyl/N-ethyl adjacent to an activating group) is 1. The van der Waals surface area contributed by atoms with E-state index in [2.05, 4.69) is 56.5 Å². The van der Waals surface area contributed by atoms with Crippen molar-refractivity contribution in [2.75, 3.05) is 89.4 Å². The van der Waals surface area contributed by atoms with Gasteiger partial charge in [-0.25, -0.2) is 0 Å². The molecule has 6 unspecified atom stereocenters. The number of hydrogen-bond acceptors (Lipinski definition) is 27. The maximum absolute atomic E-state index is 12.6. The van der Waals surface area contributed by atoms with Crippen LogP contribution >= 0.6 is 0 Å². The summed E-state index contributed by atoms with van der Waals surface area (Å²) < 4.78 is 125. The van der Waals surface area contributed by atoms with Gasteiger partial charge in [-0.1, -0.05) is 18.2 Å². The second-order valence-electron chi connectivity index (χ2n) is 14.3. The summed E-state index contributed by atoms with van der Waals surface area (Å²) in [5, 5.41) is 81.8. The minimum absolute atomic E-state index is 0.0266. The Bertz CT molecular complexity index is 2780. The number of benzene rings is 2. The highest BCUT2D eigenvalue weighted by atomic mass is 32.2. The maximum Gasteiger partial charge on any atom is 0.357 e. The highest BCUT2D eigenvalue weighted by Crippen LogP contribution is 2.30. The van der Waals surface area contributed by atoms with Gasteiger partial charge in [-0.05, 0) is 29.8 Å². The lowest BCUT2D eigenvalue weighted by Gasteiger charge is -2.28. The maximum atomic E-state index is 12.6. The lowest BCUT2D eigenvalue weighted by molar-refractivity contribution is -0.112. The fraction of sp³-hybridized carbons (Fsp3) is 0.412. The van der Waals surface area contributed by atoms with Crippen molar-refractivity contribution < 1.29 is 87.6 Å². The van der Waals surface area contributed by atoms with E-state index in [9.17, 15) is 64.1 Å². The Hall–Kier alpha value is -5.64. The standard InChI is InChI=1S/C34H48N12O19S4/c1-46(15-23(50)27(52)28(53)24(51)17-48)34-44-30(36-9-11-68(59,60)61)42-33(45-34)38-20-6-4-18(25(12-20)65-66(54)55)2-3-19-5-7-21(13-26(19)69(62,63)64)39-32-41-29(35-8-10-67(56,57)58)40-31(43-32)37-14-22(49)16-47/h2-7,12-13,22-24,27-28,47-53H,8-11,14-17H2,1H3,(H,54,55)(H,56,57,58)(H,59,60,61)(H,62,63,64)(H2,36,38,42,44,45)(H3,35,37,39,40,41,43). The largest absolute Gasteiger partial charge is 0.394 e. The van der Waals surface area contributed by atoms with Crippen molar-refractivity contribution in [3.8, 4) is 5.75 Å². The number of rotatable bonds is 28. The SMILES string of the molecule is CN(CC(O)C(O)C(O)C(O)CO)c1nc(NCCS(=O)(=O)O)nc(Nc2ccc(C=Cc3ccc(Nc4nc(NCCS(=O)(=O)O)nc(NCC(O)CO)n4)cc3S(=O)(=O)O)c(OS(=O)O)c2)n1. The molecule has 2 aromatic heterocycles. The zero-order chi connectivity index (χ0) is 51.3. The number of hydrogen-bond donors (Lipinski definition) is 16. The first-order valence-corrected chi connectivity index (χ1v) is 25.2. The minimum atomic E-state index is -4.99. The first kappa shape index (κ1) is 56.0. The molecule has 0 radical (unpaired) electrons. The van der Waals surface area contributed by atoms with Crippen molar-refractivity contribution in [3.63, 3.8) is 0 Å². The number of aliphatic hydroxyl groups excluding tert-OH is 7. The summed E-state index contributed by atoms with van der Waals surface area (Å²) in [6.45, 7) is -3.04. The van der Waals surface area contributed by atoms with E-state index < -0.39 is 115 Å². The molecule has 0 aliphatic heterocycles. The molecule has 4 aromatic rings. The molecule has 0 amide bonds. The third kappa shape index (κ3) is 18.7. The Morgan fingerprint density at radius 1 is 0.667 bits per heavy atom. The van der Waals surface area contributed by atoms with Gasteiger partial charge in [0.05, 0.1) is 30.8 Å². The third-order valence-electron chi connectivity index (χ3n) is 8.80. The molecule has 2 aromatic carbocycles. The minimum Gasteiger partial charge on any atom is -0.394 e. The number of aromatic nitrogens is 6. The van der Waals surface area contributed by atoms with Gasteiger partial charge in [0.1, 0.15) is 29.3 Å². The Kier molecular flexibility index (Phi) is 20.1. The smallest absolute Gasteiger partial charge is 0.357 e. The van der Waals surface area contributed by atoms with E-state index in [1.54, 1.807) is 0 Å². The summed E-state index contributed by atoms with van der Waals surface area (Å²) in [4.78, 5) is 25.2. The lowest BCUT2D eigenvalue weighted by Crippen LogP contribution is -2.49. The summed E-state index contributed by atoms with van der Waals surface area (Å²) in [5.74, 6) is -3.31. The normalized spacial score (nSPS) is 14.8. The van der Waals surface area contributed by atoms with Crippen LogP contribution in [0.2, 0.25) is 0 Å². The van der Waals surface area contributed by atoms with Crippen LogP contribution in [0.1, 0.15) is 11.1 Å². The van der Waals surface area contributed by atoms with Crippen molar-refractivity contribution in [1.29, 1.82) is 0 Å². The first-order valence-electron chi connectivity index (χ1n) is 19.5. The molecule has 0 aliphatic rings. The molecular formula is C34H48N12O19S4. The second-order valence-corrected chi connectivity index (χ2v) is 19.4. The van der Waals surface area contributed by atoms with Crippen molar-refractivity contribution >= 4 is 101 Å². The highest BCUT2D eigenvalue weighted by molar-refractivity contribution is 7.86. The first-order chi connectivity index (χ1) is 32.2. The highest BCUT2D eigenvalue weighted by Gasteiger charge is 2.31. The molecule has 69 heavy (non-hydrogen) atoms. The number of nitrogens with zero attached hydrogens (tertiary/aromatic N) is 7. The summed E-state index contributed by atoms with van der Waals surface area (Å²) in [6.07, 6.45) is -6.24. The molecule has 0 saturated heterocycles. The van der Waals surface area contributed by atoms with Crippen LogP contribution < -0.4 is 35.7 Å². The van der Waals surface area contributed by atoms with Crippen LogP contribution in [0, 0.1) is 0 Å². The Labute approximate surface area is 395 Å². The van der Waals surface area contributed by atoms with Gasteiger partial charge in [-0.15, -0.1) is 0 Å². The Balaban J connectivity index is 1.65. The van der Waals surface area contributed by atoms with Crippen LogP contribution in [0.5, 0.6) is 5.75 Å². The number of aliphatic hydroxyl groups is 7. The van der Waals surface area contributed by atoms with E-state index in [-0.39, 0.29) is 77.0 Å². The molecule has 0 bridgehead atoms. The molecule has 35 heteroatoms. The molecule has 2 heterocycles. The van der Waals surface area contributed by atoms with E-state index in [4.69, 9.17) is 23.5 Å².